The molecule has 1 unspecified atom stereocenters. The van der Waals surface area contributed by atoms with Crippen molar-refractivity contribution in [3.8, 4) is 11.5 Å². The van der Waals surface area contributed by atoms with Crippen molar-refractivity contribution in [2.24, 2.45) is 5.73 Å². The molecule has 0 saturated heterocycles. The maximum atomic E-state index is 10.3. The van der Waals surface area contributed by atoms with Crippen LogP contribution in [0.25, 0.3) is 5.57 Å². The Morgan fingerprint density at radius 1 is 1.04 bits per heavy atom. The highest BCUT2D eigenvalue weighted by Gasteiger charge is 2.29. The number of hydrogen-bond acceptors (Lipinski definition) is 4. The first-order chi connectivity index (χ1) is 11.2. The second-order valence-corrected chi connectivity index (χ2v) is 5.81. The Morgan fingerprint density at radius 2 is 1.75 bits per heavy atom. The lowest BCUT2D eigenvalue weighted by atomic mass is 9.74. The zero-order valence-corrected chi connectivity index (χ0v) is 15.0. The van der Waals surface area contributed by atoms with Crippen molar-refractivity contribution in [1.29, 1.82) is 0 Å². The van der Waals surface area contributed by atoms with Crippen LogP contribution < -0.4 is 5.73 Å². The van der Waals surface area contributed by atoms with Crippen LogP contribution >= 0.6 is 17.0 Å². The SMILES string of the molecule is Br.NCC1=C(CCO)C(c2ccccc2)Cc2c1ccc(O)c2O. The number of hydrogen-bond donors (Lipinski definition) is 4. The molecule has 0 aromatic heterocycles. The lowest BCUT2D eigenvalue weighted by Gasteiger charge is -2.31. The molecule has 0 aliphatic heterocycles. The number of benzene rings is 2. The molecule has 0 fully saturated rings. The molecule has 5 N–H and O–H groups in total. The zero-order valence-electron chi connectivity index (χ0n) is 13.3. The molecule has 128 valence electrons. The minimum atomic E-state index is -0.113. The molecule has 24 heavy (non-hydrogen) atoms. The molecular weight excluding hydrogens is 370 g/mol. The van der Waals surface area contributed by atoms with Gasteiger partial charge in [-0.3, -0.25) is 0 Å². The summed E-state index contributed by atoms with van der Waals surface area (Å²) in [7, 11) is 0. The smallest absolute Gasteiger partial charge is 0.161 e. The average Bonchev–Trinajstić information content (AvgIpc) is 2.59. The van der Waals surface area contributed by atoms with Crippen LogP contribution in [0.1, 0.15) is 29.0 Å². The maximum absolute atomic E-state index is 10.3. The standard InChI is InChI=1S/C19H21NO3.BrH/c20-11-17-13-6-7-18(22)19(23)16(13)10-15(14(17)8-9-21)12-4-2-1-3-5-12;/h1-7,15,21-23H,8-11,20H2;1H. The van der Waals surface area contributed by atoms with Crippen molar-refractivity contribution in [3.05, 3.63) is 64.7 Å². The van der Waals surface area contributed by atoms with Crippen LogP contribution in [0.5, 0.6) is 11.5 Å². The first kappa shape index (κ1) is 18.5. The van der Waals surface area contributed by atoms with Gasteiger partial charge in [-0.2, -0.15) is 0 Å². The van der Waals surface area contributed by atoms with Crippen LogP contribution in [-0.4, -0.2) is 28.5 Å². The van der Waals surface area contributed by atoms with Crippen LogP contribution in [0.4, 0.5) is 0 Å². The third kappa shape index (κ3) is 3.20. The van der Waals surface area contributed by atoms with E-state index >= 15 is 0 Å². The van der Waals surface area contributed by atoms with Gasteiger partial charge in [0.1, 0.15) is 0 Å². The van der Waals surface area contributed by atoms with Crippen molar-refractivity contribution >= 4 is 22.6 Å². The van der Waals surface area contributed by atoms with Gasteiger partial charge >= 0.3 is 0 Å². The fourth-order valence-corrected chi connectivity index (χ4v) is 3.51. The summed E-state index contributed by atoms with van der Waals surface area (Å²) in [5.74, 6) is -0.142. The van der Waals surface area contributed by atoms with Crippen molar-refractivity contribution in [2.45, 2.75) is 18.8 Å². The molecule has 0 bridgehead atoms. The van der Waals surface area contributed by atoms with E-state index in [-0.39, 0.29) is 41.0 Å². The average molecular weight is 392 g/mol. The lowest BCUT2D eigenvalue weighted by Crippen LogP contribution is -2.20. The summed E-state index contributed by atoms with van der Waals surface area (Å²) in [4.78, 5) is 0. The van der Waals surface area contributed by atoms with Gasteiger partial charge in [-0.05, 0) is 35.6 Å². The Balaban J connectivity index is 0.00000208. The Hall–Kier alpha value is -1.82. The normalized spacial score (nSPS) is 16.5. The minimum Gasteiger partial charge on any atom is -0.504 e. The first-order valence-electron chi connectivity index (χ1n) is 7.79. The third-order valence-corrected chi connectivity index (χ3v) is 4.59. The van der Waals surface area contributed by atoms with Gasteiger partial charge in [-0.1, -0.05) is 42.0 Å². The molecule has 1 atom stereocenters. The number of fused-ring (bicyclic) bond motifs is 1. The van der Waals surface area contributed by atoms with Crippen LogP contribution in [0.2, 0.25) is 0 Å². The van der Waals surface area contributed by atoms with E-state index < -0.39 is 0 Å². The molecule has 0 heterocycles. The lowest BCUT2D eigenvalue weighted by molar-refractivity contribution is 0.296. The Bertz CT molecular complexity index is 744. The largest absolute Gasteiger partial charge is 0.504 e. The highest BCUT2D eigenvalue weighted by molar-refractivity contribution is 8.93. The highest BCUT2D eigenvalue weighted by Crippen LogP contribution is 2.46. The predicted octanol–water partition coefficient (Wildman–Crippen LogP) is 3.11. The van der Waals surface area contributed by atoms with E-state index in [9.17, 15) is 15.3 Å². The monoisotopic (exact) mass is 391 g/mol. The second kappa shape index (κ2) is 7.83. The van der Waals surface area contributed by atoms with Gasteiger partial charge in [-0.25, -0.2) is 0 Å². The van der Waals surface area contributed by atoms with Gasteiger partial charge in [0.25, 0.3) is 0 Å². The van der Waals surface area contributed by atoms with E-state index in [1.165, 1.54) is 6.07 Å². The molecule has 0 radical (unpaired) electrons. The van der Waals surface area contributed by atoms with Crippen molar-refractivity contribution in [1.82, 2.24) is 0 Å². The number of phenols is 2. The van der Waals surface area contributed by atoms with Gasteiger partial charge in [0.15, 0.2) is 11.5 Å². The Morgan fingerprint density at radius 3 is 2.38 bits per heavy atom. The Kier molecular flexibility index (Phi) is 6.04. The van der Waals surface area contributed by atoms with Crippen LogP contribution in [-0.2, 0) is 6.42 Å². The summed E-state index contributed by atoms with van der Waals surface area (Å²) >= 11 is 0. The Labute approximate surface area is 152 Å². The van der Waals surface area contributed by atoms with E-state index in [1.54, 1.807) is 6.07 Å². The number of nitrogens with two attached hydrogens (primary N) is 1. The number of aliphatic hydroxyl groups is 1. The van der Waals surface area contributed by atoms with Gasteiger partial charge in [0.05, 0.1) is 0 Å². The molecule has 4 nitrogen and oxygen atoms in total. The molecule has 5 heteroatoms. The summed E-state index contributed by atoms with van der Waals surface area (Å²) in [6, 6.07) is 13.3. The summed E-state index contributed by atoms with van der Waals surface area (Å²) in [5, 5.41) is 29.6. The van der Waals surface area contributed by atoms with Crippen molar-refractivity contribution < 1.29 is 15.3 Å². The molecule has 2 aromatic carbocycles. The quantitative estimate of drug-likeness (QED) is 0.603. The van der Waals surface area contributed by atoms with E-state index in [4.69, 9.17) is 5.73 Å². The zero-order chi connectivity index (χ0) is 16.4. The number of halogens is 1. The predicted molar refractivity (Wildman–Crippen MR) is 101 cm³/mol. The first-order valence-corrected chi connectivity index (χ1v) is 7.79. The van der Waals surface area contributed by atoms with E-state index in [0.717, 1.165) is 27.8 Å². The summed E-state index contributed by atoms with van der Waals surface area (Å²) in [6.45, 7) is 0.386. The number of aliphatic hydroxyl groups excluding tert-OH is 1. The fraction of sp³-hybridized carbons (Fsp3) is 0.263. The maximum Gasteiger partial charge on any atom is 0.161 e. The topological polar surface area (TPSA) is 86.7 Å². The third-order valence-electron chi connectivity index (χ3n) is 4.59. The molecule has 0 spiro atoms. The van der Waals surface area contributed by atoms with Gasteiger partial charge in [0, 0.05) is 24.6 Å². The molecule has 1 aliphatic carbocycles. The van der Waals surface area contributed by atoms with Crippen LogP contribution in [0, 0.1) is 0 Å². The van der Waals surface area contributed by atoms with E-state index in [2.05, 4.69) is 0 Å². The number of aromatic hydroxyl groups is 2. The van der Waals surface area contributed by atoms with Crippen molar-refractivity contribution in [2.75, 3.05) is 13.2 Å². The fourth-order valence-electron chi connectivity index (χ4n) is 3.51. The summed E-state index contributed by atoms with van der Waals surface area (Å²) in [6.07, 6.45) is 1.13. The molecule has 0 amide bonds. The van der Waals surface area contributed by atoms with Crippen LogP contribution in [0.15, 0.2) is 48.0 Å². The molecule has 1 aliphatic rings. The minimum absolute atomic E-state index is 0. The van der Waals surface area contributed by atoms with Crippen LogP contribution in [0.3, 0.4) is 0 Å². The van der Waals surface area contributed by atoms with E-state index in [0.29, 0.717) is 19.4 Å². The number of rotatable bonds is 4. The number of phenolic OH excluding ortho intramolecular Hbond substituents is 2. The van der Waals surface area contributed by atoms with E-state index in [1.807, 2.05) is 30.3 Å². The molecule has 3 rings (SSSR count). The van der Waals surface area contributed by atoms with Gasteiger partial charge in [-0.15, -0.1) is 17.0 Å². The van der Waals surface area contributed by atoms with Gasteiger partial charge in [0.2, 0.25) is 0 Å². The van der Waals surface area contributed by atoms with Gasteiger partial charge < -0.3 is 21.1 Å². The summed E-state index contributed by atoms with van der Waals surface area (Å²) < 4.78 is 0. The molecule has 0 saturated carbocycles. The molecular formula is C19H22BrNO3. The second-order valence-electron chi connectivity index (χ2n) is 5.81. The summed E-state index contributed by atoms with van der Waals surface area (Å²) in [5.41, 5.74) is 10.8. The molecule has 2 aromatic rings. The van der Waals surface area contributed by atoms with Crippen molar-refractivity contribution in [3.63, 3.8) is 0 Å². The highest BCUT2D eigenvalue weighted by atomic mass is 79.9.